The maximum absolute atomic E-state index is 12.5. The molecule has 1 amide bonds. The summed E-state index contributed by atoms with van der Waals surface area (Å²) in [7, 11) is 0. The number of amides is 1. The van der Waals surface area contributed by atoms with Gasteiger partial charge in [0.25, 0.3) is 0 Å². The fourth-order valence-corrected chi connectivity index (χ4v) is 4.19. The highest BCUT2D eigenvalue weighted by Gasteiger charge is 2.45. The summed E-state index contributed by atoms with van der Waals surface area (Å²) in [6.45, 7) is 7.49. The second kappa shape index (κ2) is 6.36. The highest BCUT2D eigenvalue weighted by atomic mass is 16.6. The summed E-state index contributed by atoms with van der Waals surface area (Å²) in [5.41, 5.74) is 1.74. The van der Waals surface area contributed by atoms with Crippen LogP contribution in [0.25, 0.3) is 0 Å². The fraction of sp³-hybridized carbons (Fsp3) is 0.600. The molecule has 2 saturated heterocycles. The molecule has 2 bridgehead atoms. The van der Waals surface area contributed by atoms with Gasteiger partial charge < -0.3 is 14.7 Å². The first-order valence-electron chi connectivity index (χ1n) is 9.01. The lowest BCUT2D eigenvalue weighted by Crippen LogP contribution is -2.48. The Balaban J connectivity index is 1.77. The van der Waals surface area contributed by atoms with E-state index in [0.29, 0.717) is 11.5 Å². The molecule has 1 aromatic rings. The third-order valence-electron chi connectivity index (χ3n) is 5.30. The van der Waals surface area contributed by atoms with Gasteiger partial charge in [-0.05, 0) is 76.5 Å². The van der Waals surface area contributed by atoms with E-state index >= 15 is 0 Å². The van der Waals surface area contributed by atoms with Gasteiger partial charge in [-0.1, -0.05) is 12.1 Å². The largest absolute Gasteiger partial charge is 0.478 e. The molecule has 0 saturated carbocycles. The van der Waals surface area contributed by atoms with Crippen molar-refractivity contribution >= 4 is 12.1 Å². The van der Waals surface area contributed by atoms with Gasteiger partial charge in [-0.15, -0.1) is 0 Å². The Kier molecular flexibility index (Phi) is 4.52. The molecule has 3 rings (SSSR count). The van der Waals surface area contributed by atoms with Crippen LogP contribution in [0.3, 0.4) is 0 Å². The molecule has 2 heterocycles. The number of carbonyl (C=O) groups excluding carboxylic acids is 1. The number of fused-ring (bicyclic) bond motifs is 2. The van der Waals surface area contributed by atoms with Crippen molar-refractivity contribution in [1.82, 2.24) is 4.90 Å². The predicted octanol–water partition coefficient (Wildman–Crippen LogP) is 4.34. The van der Waals surface area contributed by atoms with Gasteiger partial charge in [-0.25, -0.2) is 9.59 Å². The smallest absolute Gasteiger partial charge is 0.410 e. The Labute approximate surface area is 149 Å². The quantitative estimate of drug-likeness (QED) is 0.866. The highest BCUT2D eigenvalue weighted by Crippen LogP contribution is 2.43. The van der Waals surface area contributed by atoms with Gasteiger partial charge in [-0.2, -0.15) is 0 Å². The Morgan fingerprint density at radius 1 is 1.16 bits per heavy atom. The number of piperidine rings is 1. The van der Waals surface area contributed by atoms with Crippen molar-refractivity contribution in [2.45, 2.75) is 77.0 Å². The van der Waals surface area contributed by atoms with Crippen molar-refractivity contribution in [2.24, 2.45) is 0 Å². The number of rotatable bonds is 2. The van der Waals surface area contributed by atoms with Crippen molar-refractivity contribution < 1.29 is 19.4 Å². The maximum Gasteiger partial charge on any atom is 0.410 e. The van der Waals surface area contributed by atoms with Crippen LogP contribution in [0.2, 0.25) is 0 Å². The average molecular weight is 345 g/mol. The van der Waals surface area contributed by atoms with Gasteiger partial charge in [0.15, 0.2) is 0 Å². The van der Waals surface area contributed by atoms with Crippen LogP contribution >= 0.6 is 0 Å². The van der Waals surface area contributed by atoms with Crippen LogP contribution in [0.15, 0.2) is 18.2 Å². The lowest BCUT2D eigenvalue weighted by Gasteiger charge is -2.39. The van der Waals surface area contributed by atoms with E-state index in [0.717, 1.165) is 36.8 Å². The molecular weight excluding hydrogens is 318 g/mol. The van der Waals surface area contributed by atoms with E-state index in [1.54, 1.807) is 0 Å². The minimum atomic E-state index is -0.881. The molecule has 5 nitrogen and oxygen atoms in total. The number of carboxylic acid groups (broad SMARTS) is 1. The molecule has 25 heavy (non-hydrogen) atoms. The number of aromatic carboxylic acids is 1. The second-order valence-electron chi connectivity index (χ2n) is 8.32. The number of nitrogens with zero attached hydrogens (tertiary/aromatic N) is 1. The van der Waals surface area contributed by atoms with Gasteiger partial charge in [0.2, 0.25) is 0 Å². The van der Waals surface area contributed by atoms with Crippen LogP contribution in [-0.2, 0) is 4.74 Å². The van der Waals surface area contributed by atoms with Gasteiger partial charge >= 0.3 is 12.1 Å². The van der Waals surface area contributed by atoms with Gasteiger partial charge in [0, 0.05) is 12.1 Å². The van der Waals surface area contributed by atoms with Crippen LogP contribution in [-0.4, -0.2) is 39.8 Å². The van der Waals surface area contributed by atoms with E-state index in [2.05, 4.69) is 0 Å². The highest BCUT2D eigenvalue weighted by molar-refractivity contribution is 5.89. The second-order valence-corrected chi connectivity index (χ2v) is 8.32. The molecule has 2 fully saturated rings. The Morgan fingerprint density at radius 3 is 2.28 bits per heavy atom. The van der Waals surface area contributed by atoms with E-state index in [1.807, 2.05) is 50.8 Å². The molecule has 1 aromatic carbocycles. The molecule has 0 radical (unpaired) electrons. The van der Waals surface area contributed by atoms with Crippen LogP contribution in [0, 0.1) is 6.92 Å². The minimum Gasteiger partial charge on any atom is -0.478 e. The Morgan fingerprint density at radius 2 is 1.76 bits per heavy atom. The lowest BCUT2D eigenvalue weighted by molar-refractivity contribution is 0.00584. The summed E-state index contributed by atoms with van der Waals surface area (Å²) in [5.74, 6) is -0.580. The molecule has 5 heteroatoms. The standard InChI is InChI=1S/C20H27NO4/c1-12-5-6-13(11-17(12)18(22)23)14-9-15-7-8-16(10-14)21(15)19(24)25-20(2,3)4/h5-6,11,14-16H,7-10H2,1-4H3,(H,22,23)/t14?,15-,16+. The molecule has 2 aliphatic heterocycles. The normalized spacial score (nSPS) is 25.8. The molecule has 1 N–H and O–H groups in total. The number of hydrogen-bond donors (Lipinski definition) is 1. The topological polar surface area (TPSA) is 66.8 Å². The molecule has 0 aliphatic carbocycles. The molecule has 3 atom stereocenters. The number of benzene rings is 1. The van der Waals surface area contributed by atoms with Crippen molar-refractivity contribution in [2.75, 3.05) is 0 Å². The van der Waals surface area contributed by atoms with E-state index in [4.69, 9.17) is 4.74 Å². The van der Waals surface area contributed by atoms with Crippen LogP contribution < -0.4 is 0 Å². The van der Waals surface area contributed by atoms with Crippen molar-refractivity contribution in [3.8, 4) is 0 Å². The zero-order chi connectivity index (χ0) is 18.4. The molecular formula is C20H27NO4. The van der Waals surface area contributed by atoms with Crippen molar-refractivity contribution in [3.63, 3.8) is 0 Å². The summed E-state index contributed by atoms with van der Waals surface area (Å²) < 4.78 is 5.57. The Hall–Kier alpha value is -2.04. The van der Waals surface area contributed by atoms with Crippen molar-refractivity contribution in [1.29, 1.82) is 0 Å². The predicted molar refractivity (Wildman–Crippen MR) is 95.0 cm³/mol. The molecule has 2 aliphatic rings. The van der Waals surface area contributed by atoms with Gasteiger partial charge in [0.1, 0.15) is 5.60 Å². The third kappa shape index (κ3) is 3.65. The minimum absolute atomic E-state index is 0.188. The zero-order valence-electron chi connectivity index (χ0n) is 15.4. The number of hydrogen-bond acceptors (Lipinski definition) is 3. The number of carbonyl (C=O) groups is 2. The maximum atomic E-state index is 12.5. The van der Waals surface area contributed by atoms with E-state index in [-0.39, 0.29) is 18.2 Å². The monoisotopic (exact) mass is 345 g/mol. The number of aryl methyl sites for hydroxylation is 1. The van der Waals surface area contributed by atoms with E-state index in [1.165, 1.54) is 0 Å². The first kappa shape index (κ1) is 17.8. The summed E-state index contributed by atoms with van der Waals surface area (Å²) >= 11 is 0. The number of ether oxygens (including phenoxy) is 1. The van der Waals surface area contributed by atoms with Gasteiger partial charge in [-0.3, -0.25) is 0 Å². The first-order chi connectivity index (χ1) is 11.7. The van der Waals surface area contributed by atoms with E-state index in [9.17, 15) is 14.7 Å². The van der Waals surface area contributed by atoms with Crippen LogP contribution in [0.5, 0.6) is 0 Å². The van der Waals surface area contributed by atoms with Crippen LogP contribution in [0.1, 0.15) is 73.9 Å². The summed E-state index contributed by atoms with van der Waals surface area (Å²) in [5, 5.41) is 9.36. The van der Waals surface area contributed by atoms with Crippen molar-refractivity contribution in [3.05, 3.63) is 34.9 Å². The van der Waals surface area contributed by atoms with E-state index < -0.39 is 11.6 Å². The fourth-order valence-electron chi connectivity index (χ4n) is 4.19. The SMILES string of the molecule is Cc1ccc(C2C[C@H]3CC[C@@H](C2)N3C(=O)OC(C)(C)C)cc1C(=O)O. The summed E-state index contributed by atoms with van der Waals surface area (Å²) in [6.07, 6.45) is 3.53. The summed E-state index contributed by atoms with van der Waals surface area (Å²) in [6, 6.07) is 6.11. The zero-order valence-corrected chi connectivity index (χ0v) is 15.4. The summed E-state index contributed by atoms with van der Waals surface area (Å²) in [4.78, 5) is 25.9. The lowest BCUT2D eigenvalue weighted by atomic mass is 9.84. The third-order valence-corrected chi connectivity index (χ3v) is 5.30. The first-order valence-corrected chi connectivity index (χ1v) is 9.01. The Bertz CT molecular complexity index is 677. The molecule has 136 valence electrons. The number of carboxylic acids is 1. The van der Waals surface area contributed by atoms with Crippen LogP contribution in [0.4, 0.5) is 4.79 Å². The molecule has 0 spiro atoms. The molecule has 1 unspecified atom stereocenters. The average Bonchev–Trinajstić information content (AvgIpc) is 2.76. The molecule has 0 aromatic heterocycles. The van der Waals surface area contributed by atoms with Gasteiger partial charge in [0.05, 0.1) is 5.56 Å².